The van der Waals surface area contributed by atoms with E-state index in [1.54, 1.807) is 17.4 Å². The number of hydrogen-bond acceptors (Lipinski definition) is 4. The Morgan fingerprint density at radius 1 is 1.38 bits per heavy atom. The molecule has 1 fully saturated rings. The summed E-state index contributed by atoms with van der Waals surface area (Å²) < 4.78 is 7.05. The lowest BCUT2D eigenvalue weighted by Crippen LogP contribution is -2.50. The van der Waals surface area contributed by atoms with Gasteiger partial charge < -0.3 is 24.8 Å². The second-order valence-electron chi connectivity index (χ2n) is 5.67. The van der Waals surface area contributed by atoms with Crippen molar-refractivity contribution in [3.63, 3.8) is 0 Å². The number of amides is 1. The van der Waals surface area contributed by atoms with E-state index in [1.165, 1.54) is 0 Å². The monoisotopic (exact) mass is 336 g/mol. The van der Waals surface area contributed by atoms with Crippen LogP contribution in [0.4, 0.5) is 4.79 Å². The number of aromatic nitrogens is 2. The average molecular weight is 336 g/mol. The fraction of sp³-hybridized carbons (Fsp3) is 0.688. The van der Waals surface area contributed by atoms with Crippen LogP contribution in [0.3, 0.4) is 0 Å². The fourth-order valence-corrected chi connectivity index (χ4v) is 2.63. The van der Waals surface area contributed by atoms with Gasteiger partial charge >= 0.3 is 6.09 Å². The quantitative estimate of drug-likeness (QED) is 0.599. The van der Waals surface area contributed by atoms with Crippen molar-refractivity contribution in [2.45, 2.75) is 39.3 Å². The number of hydrogen-bond donors (Lipinski definition) is 2. The van der Waals surface area contributed by atoms with Crippen LogP contribution in [-0.4, -0.2) is 65.3 Å². The van der Waals surface area contributed by atoms with Crippen molar-refractivity contribution >= 4 is 12.1 Å². The minimum Gasteiger partial charge on any atom is -0.450 e. The molecule has 2 heterocycles. The number of carbonyl (C=O) groups excluding carboxylic acids is 1. The highest BCUT2D eigenvalue weighted by atomic mass is 16.6. The van der Waals surface area contributed by atoms with Crippen LogP contribution in [0.1, 0.15) is 26.7 Å². The van der Waals surface area contributed by atoms with Gasteiger partial charge in [-0.3, -0.25) is 4.99 Å². The number of nitrogens with one attached hydrogen (secondary N) is 2. The molecule has 0 bridgehead atoms. The van der Waals surface area contributed by atoms with Gasteiger partial charge in [0.2, 0.25) is 0 Å². The highest BCUT2D eigenvalue weighted by molar-refractivity contribution is 5.80. The van der Waals surface area contributed by atoms with Gasteiger partial charge in [-0.05, 0) is 26.7 Å². The first-order valence-corrected chi connectivity index (χ1v) is 8.65. The molecule has 0 aromatic carbocycles. The lowest BCUT2D eigenvalue weighted by Gasteiger charge is -2.32. The summed E-state index contributed by atoms with van der Waals surface area (Å²) in [7, 11) is 0. The van der Waals surface area contributed by atoms with E-state index in [4.69, 9.17) is 4.74 Å². The standard InChI is InChI=1S/C16H28N6O2/c1-3-18-15(19-8-12-21-11-7-17-13-21)20-14-5-9-22(10-6-14)16(23)24-4-2/h7,11,13-14H,3-6,8-10,12H2,1-2H3,(H2,18,19,20). The molecule has 24 heavy (non-hydrogen) atoms. The van der Waals surface area contributed by atoms with Crippen LogP contribution in [0.15, 0.2) is 23.7 Å². The molecule has 1 aromatic heterocycles. The smallest absolute Gasteiger partial charge is 0.409 e. The number of guanidine groups is 1. The number of aliphatic imine (C=N–C) groups is 1. The molecule has 8 nitrogen and oxygen atoms in total. The van der Waals surface area contributed by atoms with E-state index in [1.807, 2.05) is 17.7 Å². The summed E-state index contributed by atoms with van der Waals surface area (Å²) in [5.74, 6) is 0.826. The Bertz CT molecular complexity index is 509. The summed E-state index contributed by atoms with van der Waals surface area (Å²) in [6.07, 6.45) is 7.07. The van der Waals surface area contributed by atoms with Crippen LogP contribution in [0, 0.1) is 0 Å². The molecular weight excluding hydrogens is 308 g/mol. The third-order valence-corrected chi connectivity index (χ3v) is 3.89. The van der Waals surface area contributed by atoms with Gasteiger partial charge in [0, 0.05) is 44.6 Å². The number of likely N-dealkylation sites (tertiary alicyclic amines) is 1. The molecule has 0 saturated carbocycles. The second-order valence-corrected chi connectivity index (χ2v) is 5.67. The van der Waals surface area contributed by atoms with Gasteiger partial charge in [0.1, 0.15) is 0 Å². The average Bonchev–Trinajstić information content (AvgIpc) is 3.09. The second kappa shape index (κ2) is 9.79. The molecule has 1 aliphatic rings. The Morgan fingerprint density at radius 2 is 2.17 bits per heavy atom. The van der Waals surface area contributed by atoms with Crippen molar-refractivity contribution in [1.29, 1.82) is 0 Å². The van der Waals surface area contributed by atoms with Crippen molar-refractivity contribution in [2.75, 3.05) is 32.8 Å². The molecular formula is C16H28N6O2. The molecule has 8 heteroatoms. The Hall–Kier alpha value is -2.25. The van der Waals surface area contributed by atoms with Gasteiger partial charge in [-0.2, -0.15) is 0 Å². The Kier molecular flexibility index (Phi) is 7.38. The minimum atomic E-state index is -0.211. The van der Waals surface area contributed by atoms with Crippen molar-refractivity contribution < 1.29 is 9.53 Å². The van der Waals surface area contributed by atoms with Crippen LogP contribution in [0.25, 0.3) is 0 Å². The van der Waals surface area contributed by atoms with Gasteiger partial charge in [0.05, 0.1) is 19.5 Å². The summed E-state index contributed by atoms with van der Waals surface area (Å²) in [6.45, 7) is 8.04. The summed E-state index contributed by atoms with van der Waals surface area (Å²) in [4.78, 5) is 22.1. The predicted molar refractivity (Wildman–Crippen MR) is 93.0 cm³/mol. The number of carbonyl (C=O) groups is 1. The van der Waals surface area contributed by atoms with Crippen LogP contribution < -0.4 is 10.6 Å². The zero-order valence-corrected chi connectivity index (χ0v) is 14.6. The van der Waals surface area contributed by atoms with Gasteiger partial charge in [-0.25, -0.2) is 9.78 Å². The van der Waals surface area contributed by atoms with Crippen molar-refractivity contribution in [1.82, 2.24) is 25.1 Å². The van der Waals surface area contributed by atoms with Crippen molar-refractivity contribution in [2.24, 2.45) is 4.99 Å². The normalized spacial score (nSPS) is 16.1. The molecule has 1 aliphatic heterocycles. The van der Waals surface area contributed by atoms with E-state index >= 15 is 0 Å². The molecule has 0 radical (unpaired) electrons. The maximum absolute atomic E-state index is 11.7. The Labute approximate surface area is 143 Å². The summed E-state index contributed by atoms with van der Waals surface area (Å²) >= 11 is 0. The van der Waals surface area contributed by atoms with Crippen LogP contribution in [0.5, 0.6) is 0 Å². The lowest BCUT2D eigenvalue weighted by molar-refractivity contribution is 0.0963. The van der Waals surface area contributed by atoms with Crippen LogP contribution in [0.2, 0.25) is 0 Å². The molecule has 0 spiro atoms. The highest BCUT2D eigenvalue weighted by Gasteiger charge is 2.23. The first kappa shape index (κ1) is 18.1. The zero-order chi connectivity index (χ0) is 17.2. The Morgan fingerprint density at radius 3 is 2.79 bits per heavy atom. The maximum atomic E-state index is 11.7. The number of nitrogens with zero attached hydrogens (tertiary/aromatic N) is 4. The van der Waals surface area contributed by atoms with E-state index in [0.717, 1.165) is 31.9 Å². The lowest BCUT2D eigenvalue weighted by atomic mass is 10.1. The minimum absolute atomic E-state index is 0.211. The summed E-state index contributed by atoms with van der Waals surface area (Å²) in [6, 6.07) is 0.321. The maximum Gasteiger partial charge on any atom is 0.409 e. The van der Waals surface area contributed by atoms with Crippen molar-refractivity contribution in [3.05, 3.63) is 18.7 Å². The van der Waals surface area contributed by atoms with E-state index in [2.05, 4.69) is 27.5 Å². The first-order valence-electron chi connectivity index (χ1n) is 8.65. The first-order chi connectivity index (χ1) is 11.7. The van der Waals surface area contributed by atoms with E-state index < -0.39 is 0 Å². The molecule has 0 unspecified atom stereocenters. The topological polar surface area (TPSA) is 83.8 Å². The van der Waals surface area contributed by atoms with Crippen LogP contribution >= 0.6 is 0 Å². The third kappa shape index (κ3) is 5.75. The molecule has 0 atom stereocenters. The fourth-order valence-electron chi connectivity index (χ4n) is 2.63. The Balaban J connectivity index is 1.77. The van der Waals surface area contributed by atoms with Gasteiger partial charge in [-0.15, -0.1) is 0 Å². The van der Waals surface area contributed by atoms with Gasteiger partial charge in [-0.1, -0.05) is 0 Å². The number of imidazole rings is 1. The molecule has 134 valence electrons. The van der Waals surface area contributed by atoms with Gasteiger partial charge in [0.25, 0.3) is 0 Å². The molecule has 1 aromatic rings. The third-order valence-electron chi connectivity index (χ3n) is 3.89. The molecule has 2 rings (SSSR count). The molecule has 1 saturated heterocycles. The van der Waals surface area contributed by atoms with Crippen molar-refractivity contribution in [3.8, 4) is 0 Å². The SMILES string of the molecule is CCNC(=NCCn1ccnc1)NC1CCN(C(=O)OCC)CC1. The number of piperidine rings is 1. The zero-order valence-electron chi connectivity index (χ0n) is 14.6. The molecule has 0 aliphatic carbocycles. The summed E-state index contributed by atoms with van der Waals surface area (Å²) in [5.41, 5.74) is 0. The molecule has 1 amide bonds. The van der Waals surface area contributed by atoms with E-state index in [-0.39, 0.29) is 6.09 Å². The highest BCUT2D eigenvalue weighted by Crippen LogP contribution is 2.11. The predicted octanol–water partition coefficient (Wildman–Crippen LogP) is 1.06. The van der Waals surface area contributed by atoms with Gasteiger partial charge in [0.15, 0.2) is 5.96 Å². The molecule has 2 N–H and O–H groups in total. The number of rotatable bonds is 6. The van der Waals surface area contributed by atoms with E-state index in [9.17, 15) is 4.79 Å². The van der Waals surface area contributed by atoms with E-state index in [0.29, 0.717) is 32.3 Å². The van der Waals surface area contributed by atoms with Crippen LogP contribution in [-0.2, 0) is 11.3 Å². The largest absolute Gasteiger partial charge is 0.450 e. The summed E-state index contributed by atoms with van der Waals surface area (Å²) in [5, 5.41) is 6.74. The number of ether oxygens (including phenoxy) is 1.